The topological polar surface area (TPSA) is 26.0 Å². The van der Waals surface area contributed by atoms with Crippen LogP contribution in [0.4, 0.5) is 0 Å². The molecular weight excluding hydrogens is 122 g/mol. The molecule has 0 aromatic carbocycles. The summed E-state index contributed by atoms with van der Waals surface area (Å²) in [7, 11) is 0. The minimum absolute atomic E-state index is 0. The fourth-order valence-electron chi connectivity index (χ4n) is 1.76. The van der Waals surface area contributed by atoms with Crippen LogP contribution >= 0.6 is 12.4 Å². The van der Waals surface area contributed by atoms with Gasteiger partial charge in [0.15, 0.2) is 0 Å². The summed E-state index contributed by atoms with van der Waals surface area (Å²) in [6.07, 6.45) is 4.14. The number of fused-ring (bicyclic) bond motifs is 1. The second kappa shape index (κ2) is 1.89. The van der Waals surface area contributed by atoms with Gasteiger partial charge in [-0.15, -0.1) is 12.4 Å². The molecule has 0 spiro atoms. The molecule has 2 aliphatic rings. The fourth-order valence-corrected chi connectivity index (χ4v) is 1.76. The van der Waals surface area contributed by atoms with Crippen molar-refractivity contribution in [3.63, 3.8) is 0 Å². The summed E-state index contributed by atoms with van der Waals surface area (Å²) < 4.78 is 0. The van der Waals surface area contributed by atoms with Gasteiger partial charge in [-0.2, -0.15) is 0 Å². The molecule has 0 amide bonds. The van der Waals surface area contributed by atoms with E-state index in [0.29, 0.717) is 6.04 Å². The zero-order valence-electron chi connectivity index (χ0n) is 4.84. The maximum absolute atomic E-state index is 5.66. The maximum Gasteiger partial charge on any atom is 0.00443 e. The van der Waals surface area contributed by atoms with Crippen LogP contribution in [0.2, 0.25) is 0 Å². The highest BCUT2D eigenvalue weighted by atomic mass is 35.5. The normalized spacial score (nSPS) is 49.9. The Balaban J connectivity index is 0.000000320. The van der Waals surface area contributed by atoms with Gasteiger partial charge < -0.3 is 5.73 Å². The highest BCUT2D eigenvalue weighted by Crippen LogP contribution is 2.50. The Kier molecular flexibility index (Phi) is 1.50. The average molecular weight is 134 g/mol. The number of hydrogen-bond acceptors (Lipinski definition) is 1. The van der Waals surface area contributed by atoms with E-state index in [1.807, 2.05) is 0 Å². The van der Waals surface area contributed by atoms with Crippen LogP contribution in [-0.2, 0) is 0 Å². The lowest BCUT2D eigenvalue weighted by Crippen LogP contribution is -2.16. The largest absolute Gasteiger partial charge is 0.328 e. The summed E-state index contributed by atoms with van der Waals surface area (Å²) in [6.45, 7) is 0. The van der Waals surface area contributed by atoms with Gasteiger partial charge in [0.25, 0.3) is 0 Å². The molecule has 0 aromatic heterocycles. The van der Waals surface area contributed by atoms with E-state index in [1.165, 1.54) is 19.3 Å². The molecule has 2 unspecified atom stereocenters. The predicted molar refractivity (Wildman–Crippen MR) is 36.1 cm³/mol. The van der Waals surface area contributed by atoms with E-state index < -0.39 is 0 Å². The van der Waals surface area contributed by atoms with Gasteiger partial charge in [0.2, 0.25) is 0 Å². The van der Waals surface area contributed by atoms with E-state index in [9.17, 15) is 0 Å². The first-order chi connectivity index (χ1) is 3.36. The van der Waals surface area contributed by atoms with Crippen molar-refractivity contribution in [3.8, 4) is 0 Å². The predicted octanol–water partition coefficient (Wildman–Crippen LogP) is 1.17. The van der Waals surface area contributed by atoms with E-state index in [-0.39, 0.29) is 12.4 Å². The maximum atomic E-state index is 5.66. The second-order valence-electron chi connectivity index (χ2n) is 2.99. The molecule has 2 fully saturated rings. The summed E-state index contributed by atoms with van der Waals surface area (Å²) in [6, 6.07) is 0.573. The molecule has 8 heavy (non-hydrogen) atoms. The van der Waals surface area contributed by atoms with Gasteiger partial charge in [0.05, 0.1) is 0 Å². The summed E-state index contributed by atoms with van der Waals surface area (Å²) in [5.41, 5.74) is 5.66. The first kappa shape index (κ1) is 6.37. The fraction of sp³-hybridized carbons (Fsp3) is 1.00. The zero-order valence-corrected chi connectivity index (χ0v) is 5.66. The van der Waals surface area contributed by atoms with Crippen LogP contribution < -0.4 is 5.73 Å². The van der Waals surface area contributed by atoms with Crippen LogP contribution in [0.1, 0.15) is 19.3 Å². The third kappa shape index (κ3) is 0.848. The molecule has 2 atom stereocenters. The van der Waals surface area contributed by atoms with Crippen molar-refractivity contribution in [1.82, 2.24) is 0 Å². The van der Waals surface area contributed by atoms with Crippen molar-refractivity contribution < 1.29 is 0 Å². The number of rotatable bonds is 0. The SMILES string of the molecule is Cl.NC1CC2CC2C1. The first-order valence-electron chi connectivity index (χ1n) is 3.12. The minimum Gasteiger partial charge on any atom is -0.328 e. The number of hydrogen-bond donors (Lipinski definition) is 1. The van der Waals surface area contributed by atoms with Crippen LogP contribution in [0.3, 0.4) is 0 Å². The monoisotopic (exact) mass is 133 g/mol. The Bertz CT molecular complexity index is 84.5. The van der Waals surface area contributed by atoms with Crippen LogP contribution in [0.15, 0.2) is 0 Å². The molecule has 2 rings (SSSR count). The van der Waals surface area contributed by atoms with Gasteiger partial charge in [0, 0.05) is 6.04 Å². The van der Waals surface area contributed by atoms with Crippen molar-refractivity contribution in [2.24, 2.45) is 17.6 Å². The van der Waals surface area contributed by atoms with Gasteiger partial charge in [-0.1, -0.05) is 0 Å². The van der Waals surface area contributed by atoms with Crippen molar-refractivity contribution in [1.29, 1.82) is 0 Å². The molecule has 48 valence electrons. The third-order valence-electron chi connectivity index (χ3n) is 2.28. The second-order valence-corrected chi connectivity index (χ2v) is 2.99. The molecule has 0 aliphatic heterocycles. The van der Waals surface area contributed by atoms with E-state index in [0.717, 1.165) is 11.8 Å². The first-order valence-corrected chi connectivity index (χ1v) is 3.12. The van der Waals surface area contributed by atoms with Gasteiger partial charge in [0.1, 0.15) is 0 Å². The van der Waals surface area contributed by atoms with Crippen LogP contribution in [0.25, 0.3) is 0 Å². The van der Waals surface area contributed by atoms with E-state index in [4.69, 9.17) is 5.73 Å². The standard InChI is InChI=1S/C6H11N.ClH/c7-6-2-4-1-5(4)3-6;/h4-6H,1-3,7H2;1H. The molecule has 1 nitrogen and oxygen atoms in total. The summed E-state index contributed by atoms with van der Waals surface area (Å²) in [4.78, 5) is 0. The third-order valence-corrected chi connectivity index (χ3v) is 2.28. The molecular formula is C6H12ClN. The highest BCUT2D eigenvalue weighted by molar-refractivity contribution is 5.85. The van der Waals surface area contributed by atoms with Crippen molar-refractivity contribution in [3.05, 3.63) is 0 Å². The number of nitrogens with two attached hydrogens (primary N) is 1. The summed E-state index contributed by atoms with van der Waals surface area (Å²) >= 11 is 0. The quantitative estimate of drug-likeness (QED) is 0.528. The Morgan fingerprint density at radius 1 is 1.00 bits per heavy atom. The summed E-state index contributed by atoms with van der Waals surface area (Å²) in [5, 5.41) is 0. The van der Waals surface area contributed by atoms with Gasteiger partial charge >= 0.3 is 0 Å². The molecule has 2 aliphatic carbocycles. The van der Waals surface area contributed by atoms with E-state index >= 15 is 0 Å². The minimum atomic E-state index is 0. The van der Waals surface area contributed by atoms with Crippen LogP contribution in [-0.4, -0.2) is 6.04 Å². The Morgan fingerprint density at radius 2 is 1.50 bits per heavy atom. The van der Waals surface area contributed by atoms with Gasteiger partial charge in [-0.3, -0.25) is 0 Å². The smallest absolute Gasteiger partial charge is 0.00443 e. The lowest BCUT2D eigenvalue weighted by atomic mass is 10.2. The van der Waals surface area contributed by atoms with E-state index in [2.05, 4.69) is 0 Å². The molecule has 0 aromatic rings. The highest BCUT2D eigenvalue weighted by Gasteiger charge is 2.44. The molecule has 2 saturated carbocycles. The lowest BCUT2D eigenvalue weighted by molar-refractivity contribution is 0.614. The van der Waals surface area contributed by atoms with Crippen molar-refractivity contribution >= 4 is 12.4 Å². The summed E-state index contributed by atoms with van der Waals surface area (Å²) in [5.74, 6) is 2.13. The van der Waals surface area contributed by atoms with E-state index in [1.54, 1.807) is 0 Å². The molecule has 0 heterocycles. The van der Waals surface area contributed by atoms with Gasteiger partial charge in [-0.25, -0.2) is 0 Å². The zero-order chi connectivity index (χ0) is 4.85. The average Bonchev–Trinajstić information content (AvgIpc) is 2.15. The molecule has 2 N–H and O–H groups in total. The Morgan fingerprint density at radius 3 is 1.75 bits per heavy atom. The molecule has 0 radical (unpaired) electrons. The molecule has 2 heteroatoms. The van der Waals surface area contributed by atoms with Crippen LogP contribution in [0.5, 0.6) is 0 Å². The lowest BCUT2D eigenvalue weighted by Gasteiger charge is -1.99. The van der Waals surface area contributed by atoms with Crippen molar-refractivity contribution in [2.75, 3.05) is 0 Å². The van der Waals surface area contributed by atoms with Gasteiger partial charge in [-0.05, 0) is 31.1 Å². The van der Waals surface area contributed by atoms with Crippen LogP contribution in [0, 0.1) is 11.8 Å². The Labute approximate surface area is 56.0 Å². The Hall–Kier alpha value is 0.250. The molecule has 0 bridgehead atoms. The molecule has 0 saturated heterocycles. The van der Waals surface area contributed by atoms with Crippen molar-refractivity contribution in [2.45, 2.75) is 25.3 Å². The number of halogens is 1.